The van der Waals surface area contributed by atoms with Crippen LogP contribution in [0.4, 0.5) is 5.69 Å². The zero-order chi connectivity index (χ0) is 32.1. The molecule has 1 fully saturated rings. The van der Waals surface area contributed by atoms with Crippen LogP contribution in [0.25, 0.3) is 21.9 Å². The van der Waals surface area contributed by atoms with E-state index in [1.165, 1.54) is 6.07 Å². The molecule has 1 atom stereocenters. The highest BCUT2D eigenvalue weighted by molar-refractivity contribution is 7.93. The molecule has 0 bridgehead atoms. The third-order valence-electron chi connectivity index (χ3n) is 9.97. The Morgan fingerprint density at radius 1 is 0.689 bits per heavy atom. The first kappa shape index (κ1) is 29.4. The number of sulfonamides is 1. The van der Waals surface area contributed by atoms with Gasteiger partial charge in [-0.2, -0.15) is 0 Å². The number of hydrogen-bond donors (Lipinski definition) is 0. The largest absolute Gasteiger partial charge is 0.298 e. The minimum Gasteiger partial charge on any atom is -0.298 e. The van der Waals surface area contributed by atoms with Crippen molar-refractivity contribution >= 4 is 55.1 Å². The normalized spacial score (nSPS) is 22.2. The van der Waals surface area contributed by atoms with E-state index >= 15 is 0 Å². The number of carbonyl (C=O) groups excluding carboxylic acids is 3. The van der Waals surface area contributed by atoms with E-state index in [1.807, 2.05) is 82.3 Å². The lowest BCUT2D eigenvalue weighted by molar-refractivity contribution is -0.145. The van der Waals surface area contributed by atoms with Gasteiger partial charge in [-0.05, 0) is 84.4 Å². The number of Topliss-reactive ketones (excluding diaryl/α,β-unsaturated/α-hetero) is 2. The van der Waals surface area contributed by atoms with Gasteiger partial charge in [-0.15, -0.1) is 0 Å². The SMILES string of the molecule is Cc1ccc(C2=C3c4cc(C)ccc4N(S(=O)(=O)c4ccc5ccccc5c4)C(=O)C3(C)CC23C(=O)CC(C)(C)CC3=O)cc1. The third-order valence-corrected chi connectivity index (χ3v) is 11.7. The maximum absolute atomic E-state index is 14.9. The molecule has 7 heteroatoms. The number of amides is 1. The number of benzene rings is 4. The van der Waals surface area contributed by atoms with Gasteiger partial charge in [-0.3, -0.25) is 14.4 Å². The summed E-state index contributed by atoms with van der Waals surface area (Å²) in [6.07, 6.45) is 0.263. The van der Waals surface area contributed by atoms with Crippen molar-refractivity contribution < 1.29 is 22.8 Å². The molecule has 2 aliphatic carbocycles. The predicted octanol–water partition coefficient (Wildman–Crippen LogP) is 7.46. The number of aryl methyl sites for hydroxylation is 2. The molecule has 1 spiro atoms. The van der Waals surface area contributed by atoms with Crippen LogP contribution in [0, 0.1) is 30.1 Å². The number of anilines is 1. The highest BCUT2D eigenvalue weighted by Crippen LogP contribution is 2.67. The van der Waals surface area contributed by atoms with Gasteiger partial charge in [0.05, 0.1) is 16.0 Å². The van der Waals surface area contributed by atoms with Gasteiger partial charge in [0.1, 0.15) is 5.41 Å². The minimum absolute atomic E-state index is 0.00450. The number of ketones is 2. The van der Waals surface area contributed by atoms with Crippen molar-refractivity contribution in [2.24, 2.45) is 16.2 Å². The molecular formula is C38H35NO5S. The topological polar surface area (TPSA) is 88.6 Å². The number of carbonyl (C=O) groups is 3. The molecule has 6 nitrogen and oxygen atoms in total. The van der Waals surface area contributed by atoms with Crippen molar-refractivity contribution in [3.05, 3.63) is 107 Å². The first-order chi connectivity index (χ1) is 21.2. The highest BCUT2D eigenvalue weighted by Gasteiger charge is 2.67. The summed E-state index contributed by atoms with van der Waals surface area (Å²) in [6, 6.07) is 25.3. The lowest BCUT2D eigenvalue weighted by Gasteiger charge is -2.42. The van der Waals surface area contributed by atoms with E-state index in [-0.39, 0.29) is 41.4 Å². The Hall–Kier alpha value is -4.36. The molecule has 1 amide bonds. The smallest absolute Gasteiger partial charge is 0.270 e. The lowest BCUT2D eigenvalue weighted by Crippen LogP contribution is -2.52. The maximum Gasteiger partial charge on any atom is 0.270 e. The molecule has 4 aromatic carbocycles. The van der Waals surface area contributed by atoms with Crippen LogP contribution in [0.1, 0.15) is 62.3 Å². The Bertz CT molecular complexity index is 2100. The molecule has 45 heavy (non-hydrogen) atoms. The molecule has 3 aliphatic rings. The Morgan fingerprint density at radius 3 is 1.98 bits per heavy atom. The Morgan fingerprint density at radius 2 is 1.31 bits per heavy atom. The van der Waals surface area contributed by atoms with Crippen LogP contribution in [-0.2, 0) is 24.4 Å². The van der Waals surface area contributed by atoms with E-state index in [0.29, 0.717) is 22.3 Å². The summed E-state index contributed by atoms with van der Waals surface area (Å²) in [5, 5.41) is 1.62. The van der Waals surface area contributed by atoms with Gasteiger partial charge in [-0.1, -0.05) is 85.6 Å². The van der Waals surface area contributed by atoms with Gasteiger partial charge < -0.3 is 0 Å². The van der Waals surface area contributed by atoms with Crippen LogP contribution in [-0.4, -0.2) is 25.9 Å². The van der Waals surface area contributed by atoms with Gasteiger partial charge in [-0.25, -0.2) is 12.7 Å². The van der Waals surface area contributed by atoms with E-state index in [2.05, 4.69) is 0 Å². The number of fused-ring (bicyclic) bond motifs is 4. The predicted molar refractivity (Wildman–Crippen MR) is 176 cm³/mol. The van der Waals surface area contributed by atoms with Crippen LogP contribution >= 0.6 is 0 Å². The molecule has 1 saturated carbocycles. The van der Waals surface area contributed by atoms with Crippen molar-refractivity contribution in [1.29, 1.82) is 0 Å². The van der Waals surface area contributed by atoms with Crippen LogP contribution in [0.15, 0.2) is 89.8 Å². The van der Waals surface area contributed by atoms with Crippen LogP contribution in [0.2, 0.25) is 0 Å². The number of allylic oxidation sites excluding steroid dienone is 1. The lowest BCUT2D eigenvalue weighted by atomic mass is 9.58. The Balaban J connectivity index is 1.53. The van der Waals surface area contributed by atoms with Crippen molar-refractivity contribution in [2.75, 3.05) is 4.31 Å². The van der Waals surface area contributed by atoms with Crippen molar-refractivity contribution in [3.8, 4) is 0 Å². The van der Waals surface area contributed by atoms with Gasteiger partial charge in [0, 0.05) is 18.4 Å². The van der Waals surface area contributed by atoms with Gasteiger partial charge in [0.25, 0.3) is 15.9 Å². The second-order valence-electron chi connectivity index (χ2n) is 14.0. The average Bonchev–Trinajstić information content (AvgIpc) is 3.28. The third kappa shape index (κ3) is 4.13. The summed E-state index contributed by atoms with van der Waals surface area (Å²) in [7, 11) is -4.39. The summed E-state index contributed by atoms with van der Waals surface area (Å²) in [6.45, 7) is 9.42. The Kier molecular flexibility index (Phi) is 6.24. The molecule has 228 valence electrons. The summed E-state index contributed by atoms with van der Waals surface area (Å²) >= 11 is 0. The van der Waals surface area contributed by atoms with Crippen molar-refractivity contribution in [1.82, 2.24) is 0 Å². The van der Waals surface area contributed by atoms with E-state index < -0.39 is 32.2 Å². The highest BCUT2D eigenvalue weighted by atomic mass is 32.2. The van der Waals surface area contributed by atoms with Crippen molar-refractivity contribution in [3.63, 3.8) is 0 Å². The maximum atomic E-state index is 14.9. The first-order valence-corrected chi connectivity index (χ1v) is 16.7. The monoisotopic (exact) mass is 617 g/mol. The van der Waals surface area contributed by atoms with Crippen LogP contribution in [0.3, 0.4) is 0 Å². The molecular weight excluding hydrogens is 582 g/mol. The molecule has 1 aliphatic heterocycles. The fraction of sp³-hybridized carbons (Fsp3) is 0.289. The van der Waals surface area contributed by atoms with E-state index in [0.717, 1.165) is 26.2 Å². The second kappa shape index (κ2) is 9.57. The second-order valence-corrected chi connectivity index (χ2v) is 15.8. The van der Waals surface area contributed by atoms with E-state index in [9.17, 15) is 22.8 Å². The van der Waals surface area contributed by atoms with Gasteiger partial charge in [0.15, 0.2) is 11.6 Å². The summed E-state index contributed by atoms with van der Waals surface area (Å²) in [4.78, 5) is 43.7. The standard InChI is InChI=1S/C38H35NO5S/c1-23-10-13-26(14-11-23)33-34-29-18-24(2)12-17-30(29)39(45(43,44)28-16-15-25-8-6-7-9-27(25)19-28)35(42)37(34,5)22-38(33)31(40)20-36(3,4)21-32(38)41/h6-19H,20-22H2,1-5H3. The van der Waals surface area contributed by atoms with Crippen LogP contribution in [0.5, 0.6) is 0 Å². The number of hydrogen-bond acceptors (Lipinski definition) is 5. The summed E-state index contributed by atoms with van der Waals surface area (Å²) < 4.78 is 30.0. The Labute approximate surface area is 263 Å². The molecule has 0 aromatic heterocycles. The summed E-state index contributed by atoms with van der Waals surface area (Å²) in [5.41, 5.74) is 0.945. The van der Waals surface area contributed by atoms with E-state index in [4.69, 9.17) is 0 Å². The molecule has 1 heterocycles. The van der Waals surface area contributed by atoms with Crippen molar-refractivity contribution in [2.45, 2.75) is 58.8 Å². The van der Waals surface area contributed by atoms with Gasteiger partial charge in [0.2, 0.25) is 0 Å². The molecule has 7 rings (SSSR count). The quantitative estimate of drug-likeness (QED) is 0.223. The van der Waals surface area contributed by atoms with Crippen LogP contribution < -0.4 is 4.31 Å². The molecule has 0 N–H and O–H groups in total. The fourth-order valence-electron chi connectivity index (χ4n) is 7.82. The molecule has 0 saturated heterocycles. The van der Waals surface area contributed by atoms with Gasteiger partial charge >= 0.3 is 0 Å². The minimum atomic E-state index is -4.39. The zero-order valence-corrected chi connectivity index (χ0v) is 26.9. The molecule has 4 aromatic rings. The number of nitrogens with zero attached hydrogens (tertiary/aromatic N) is 1. The molecule has 1 unspecified atom stereocenters. The summed E-state index contributed by atoms with van der Waals surface area (Å²) in [5.74, 6) is -1.09. The fourth-order valence-corrected chi connectivity index (χ4v) is 9.38. The van der Waals surface area contributed by atoms with E-state index in [1.54, 1.807) is 31.2 Å². The number of rotatable bonds is 3. The average molecular weight is 618 g/mol. The molecule has 0 radical (unpaired) electrons. The first-order valence-electron chi connectivity index (χ1n) is 15.3. The zero-order valence-electron chi connectivity index (χ0n) is 26.1.